The van der Waals surface area contributed by atoms with Gasteiger partial charge in [0.25, 0.3) is 0 Å². The summed E-state index contributed by atoms with van der Waals surface area (Å²) < 4.78 is 16.9. The first-order chi connectivity index (χ1) is 36.0. The number of esters is 3. The van der Waals surface area contributed by atoms with E-state index in [0.717, 1.165) is 109 Å². The third-order valence-corrected chi connectivity index (χ3v) is 12.7. The zero-order valence-corrected chi connectivity index (χ0v) is 47.6. The number of allylic oxidation sites excluding steroid dienone is 18. The Balaban J connectivity index is 4.48. The predicted molar refractivity (Wildman–Crippen MR) is 316 cm³/mol. The zero-order valence-electron chi connectivity index (χ0n) is 47.6. The maximum absolute atomic E-state index is 12.9. The van der Waals surface area contributed by atoms with Gasteiger partial charge in [-0.25, -0.2) is 0 Å². The van der Waals surface area contributed by atoms with Crippen LogP contribution < -0.4 is 0 Å². The van der Waals surface area contributed by atoms with Crippen LogP contribution in [-0.4, -0.2) is 37.2 Å². The molecule has 1 atom stereocenters. The Hall–Kier alpha value is -3.93. The SMILES string of the molecule is CC/C=C\C/C=C\C/C=C\C/C=C\C/C=C\C/C=C\CCCCC(=O)OCC(COC(=O)CCCCCCC/C=C\CCCCCCCC)OC(=O)CCCCCCCCCCC/C=C\C/C=C\CCCCC. The van der Waals surface area contributed by atoms with Gasteiger partial charge in [0, 0.05) is 19.3 Å². The quantitative estimate of drug-likeness (QED) is 0.0261. The summed E-state index contributed by atoms with van der Waals surface area (Å²) in [6.07, 6.45) is 82.2. The standard InChI is InChI=1S/C67H112O6/c1-4-7-10-13-16-19-22-25-28-30-32-33-35-36-39-42-45-48-51-54-57-60-66(69)72-63-64(62-71-65(68)59-56-53-50-47-44-41-38-27-24-21-18-15-12-9-6-3)73-67(70)61-58-55-52-49-46-43-40-37-34-31-29-26-23-20-17-14-11-8-5-2/h7,10,16-17,19-20,25-29,32-33,36,38-39,45,48,64H,4-6,8-9,11-15,18,21-24,30-31,34-35,37,40-44,46-47,49-63H2,1-3H3/b10-7-,19-16-,20-17-,28-25-,29-26-,33-32-,38-27-,39-36-,48-45-. The number of hydrogen-bond acceptors (Lipinski definition) is 6. The van der Waals surface area contributed by atoms with Gasteiger partial charge < -0.3 is 14.2 Å². The van der Waals surface area contributed by atoms with Crippen LogP contribution in [0.4, 0.5) is 0 Å². The maximum Gasteiger partial charge on any atom is 0.306 e. The molecule has 416 valence electrons. The molecule has 0 heterocycles. The molecule has 73 heavy (non-hydrogen) atoms. The van der Waals surface area contributed by atoms with Crippen molar-refractivity contribution in [2.75, 3.05) is 13.2 Å². The second kappa shape index (κ2) is 60.6. The van der Waals surface area contributed by atoms with Crippen LogP contribution >= 0.6 is 0 Å². The number of carbonyl (C=O) groups excluding carboxylic acids is 3. The lowest BCUT2D eigenvalue weighted by atomic mass is 10.1. The number of hydrogen-bond donors (Lipinski definition) is 0. The molecule has 0 rings (SSSR count). The van der Waals surface area contributed by atoms with Crippen molar-refractivity contribution in [3.63, 3.8) is 0 Å². The molecule has 0 aliphatic rings. The van der Waals surface area contributed by atoms with E-state index in [1.165, 1.54) is 128 Å². The van der Waals surface area contributed by atoms with Crippen LogP contribution in [0.1, 0.15) is 278 Å². The monoisotopic (exact) mass is 1010 g/mol. The molecule has 0 saturated heterocycles. The van der Waals surface area contributed by atoms with Crippen molar-refractivity contribution in [1.29, 1.82) is 0 Å². The second-order valence-electron chi connectivity index (χ2n) is 19.9. The molecular weight excluding hydrogens is 901 g/mol. The number of rotatable bonds is 54. The highest BCUT2D eigenvalue weighted by atomic mass is 16.6. The zero-order chi connectivity index (χ0) is 52.9. The van der Waals surface area contributed by atoms with Crippen LogP contribution in [0.15, 0.2) is 109 Å². The molecule has 0 saturated carbocycles. The van der Waals surface area contributed by atoms with Gasteiger partial charge in [0.05, 0.1) is 0 Å². The minimum Gasteiger partial charge on any atom is -0.462 e. The largest absolute Gasteiger partial charge is 0.462 e. The third kappa shape index (κ3) is 58.8. The van der Waals surface area contributed by atoms with Gasteiger partial charge in [-0.05, 0) is 128 Å². The Morgan fingerprint density at radius 3 is 0.904 bits per heavy atom. The average molecular weight is 1010 g/mol. The van der Waals surface area contributed by atoms with Crippen molar-refractivity contribution >= 4 is 17.9 Å². The van der Waals surface area contributed by atoms with Crippen LogP contribution in [0.25, 0.3) is 0 Å². The van der Waals surface area contributed by atoms with E-state index in [9.17, 15) is 14.4 Å². The smallest absolute Gasteiger partial charge is 0.306 e. The van der Waals surface area contributed by atoms with Crippen molar-refractivity contribution in [2.45, 2.75) is 284 Å². The van der Waals surface area contributed by atoms with E-state index in [1.54, 1.807) is 0 Å². The van der Waals surface area contributed by atoms with Crippen molar-refractivity contribution < 1.29 is 28.6 Å². The van der Waals surface area contributed by atoms with E-state index in [0.29, 0.717) is 19.3 Å². The summed E-state index contributed by atoms with van der Waals surface area (Å²) in [5.41, 5.74) is 0. The molecule has 0 aliphatic carbocycles. The molecule has 0 bridgehead atoms. The lowest BCUT2D eigenvalue weighted by Gasteiger charge is -2.18. The molecular formula is C67H112O6. The molecule has 0 N–H and O–H groups in total. The number of ether oxygens (including phenoxy) is 3. The van der Waals surface area contributed by atoms with Crippen molar-refractivity contribution in [1.82, 2.24) is 0 Å². The minimum atomic E-state index is -0.805. The summed E-state index contributed by atoms with van der Waals surface area (Å²) in [6, 6.07) is 0. The van der Waals surface area contributed by atoms with E-state index in [-0.39, 0.29) is 31.1 Å². The summed E-state index contributed by atoms with van der Waals surface area (Å²) >= 11 is 0. The van der Waals surface area contributed by atoms with Gasteiger partial charge in [0.15, 0.2) is 6.10 Å². The average Bonchev–Trinajstić information content (AvgIpc) is 3.39. The van der Waals surface area contributed by atoms with Crippen molar-refractivity contribution in [2.24, 2.45) is 0 Å². The number of carbonyl (C=O) groups is 3. The summed E-state index contributed by atoms with van der Waals surface area (Å²) in [4.78, 5) is 38.2. The maximum atomic E-state index is 12.9. The molecule has 1 unspecified atom stereocenters. The van der Waals surface area contributed by atoms with Crippen molar-refractivity contribution in [3.8, 4) is 0 Å². The Labute approximate surface area is 450 Å². The van der Waals surface area contributed by atoms with Gasteiger partial charge in [-0.15, -0.1) is 0 Å². The Bertz CT molecular complexity index is 1490. The first kappa shape index (κ1) is 69.1. The van der Waals surface area contributed by atoms with Gasteiger partial charge in [-0.2, -0.15) is 0 Å². The second-order valence-corrected chi connectivity index (χ2v) is 19.9. The van der Waals surface area contributed by atoms with Gasteiger partial charge in [0.1, 0.15) is 13.2 Å². The van der Waals surface area contributed by atoms with Crippen LogP contribution in [0.2, 0.25) is 0 Å². The van der Waals surface area contributed by atoms with Crippen LogP contribution in [0, 0.1) is 0 Å². The fraction of sp³-hybridized carbons (Fsp3) is 0.687. The highest BCUT2D eigenvalue weighted by Gasteiger charge is 2.19. The lowest BCUT2D eigenvalue weighted by molar-refractivity contribution is -0.167. The normalized spacial score (nSPS) is 12.9. The van der Waals surface area contributed by atoms with E-state index in [1.807, 2.05) is 0 Å². The first-order valence-electron chi connectivity index (χ1n) is 30.4. The molecule has 0 aliphatic heterocycles. The Morgan fingerprint density at radius 1 is 0.288 bits per heavy atom. The minimum absolute atomic E-state index is 0.0988. The molecule has 0 aromatic carbocycles. The van der Waals surface area contributed by atoms with Gasteiger partial charge in [0.2, 0.25) is 0 Å². The summed E-state index contributed by atoms with van der Waals surface area (Å²) in [7, 11) is 0. The summed E-state index contributed by atoms with van der Waals surface area (Å²) in [5, 5.41) is 0. The lowest BCUT2D eigenvalue weighted by Crippen LogP contribution is -2.30. The molecule has 6 nitrogen and oxygen atoms in total. The summed E-state index contributed by atoms with van der Waals surface area (Å²) in [5.74, 6) is -0.952. The van der Waals surface area contributed by atoms with Crippen molar-refractivity contribution in [3.05, 3.63) is 109 Å². The molecule has 0 radical (unpaired) electrons. The Morgan fingerprint density at radius 2 is 0.534 bits per heavy atom. The topological polar surface area (TPSA) is 78.9 Å². The van der Waals surface area contributed by atoms with E-state index in [2.05, 4.69) is 130 Å². The molecule has 0 amide bonds. The van der Waals surface area contributed by atoms with Crippen LogP contribution in [0.5, 0.6) is 0 Å². The van der Waals surface area contributed by atoms with Gasteiger partial charge in [-0.3, -0.25) is 14.4 Å². The van der Waals surface area contributed by atoms with E-state index < -0.39 is 6.10 Å². The third-order valence-electron chi connectivity index (χ3n) is 12.7. The van der Waals surface area contributed by atoms with Gasteiger partial charge in [-0.1, -0.05) is 239 Å². The highest BCUT2D eigenvalue weighted by molar-refractivity contribution is 5.71. The molecule has 0 aromatic rings. The summed E-state index contributed by atoms with van der Waals surface area (Å²) in [6.45, 7) is 6.46. The number of unbranched alkanes of at least 4 members (excludes halogenated alkanes) is 25. The predicted octanol–water partition coefficient (Wildman–Crippen LogP) is 20.7. The molecule has 0 fully saturated rings. The Kier molecular flexibility index (Phi) is 57.4. The van der Waals surface area contributed by atoms with Crippen LogP contribution in [0.3, 0.4) is 0 Å². The highest BCUT2D eigenvalue weighted by Crippen LogP contribution is 2.15. The fourth-order valence-electron chi connectivity index (χ4n) is 8.18. The molecule has 6 heteroatoms. The van der Waals surface area contributed by atoms with E-state index >= 15 is 0 Å². The fourth-order valence-corrected chi connectivity index (χ4v) is 8.18. The van der Waals surface area contributed by atoms with Gasteiger partial charge >= 0.3 is 17.9 Å². The molecule has 0 spiro atoms. The van der Waals surface area contributed by atoms with E-state index in [4.69, 9.17) is 14.2 Å². The molecule has 0 aromatic heterocycles. The first-order valence-corrected chi connectivity index (χ1v) is 30.4. The van der Waals surface area contributed by atoms with Crippen LogP contribution in [-0.2, 0) is 28.6 Å².